The molecule has 16 heavy (non-hydrogen) atoms. The first-order valence-electron chi connectivity index (χ1n) is 5.34. The molecule has 2 atom stereocenters. The Morgan fingerprint density at radius 1 is 1.44 bits per heavy atom. The second kappa shape index (κ2) is 4.22. The Morgan fingerprint density at radius 2 is 2.12 bits per heavy atom. The summed E-state index contributed by atoms with van der Waals surface area (Å²) >= 11 is 0. The van der Waals surface area contributed by atoms with E-state index in [0.29, 0.717) is 13.0 Å². The van der Waals surface area contributed by atoms with Gasteiger partial charge in [0.05, 0.1) is 11.5 Å². The average Bonchev–Trinajstić information content (AvgIpc) is 2.34. The second-order valence-electron chi connectivity index (χ2n) is 4.30. The summed E-state index contributed by atoms with van der Waals surface area (Å²) in [6, 6.07) is 9.51. The normalized spacial score (nSPS) is 29.9. The maximum atomic E-state index is 12.7. The van der Waals surface area contributed by atoms with Crippen molar-refractivity contribution in [2.45, 2.75) is 12.0 Å². The predicted octanol–water partition coefficient (Wildman–Crippen LogP) is 0.946. The van der Waals surface area contributed by atoms with Gasteiger partial charge < -0.3 is 11.1 Å². The number of halogens is 1. The van der Waals surface area contributed by atoms with E-state index in [4.69, 9.17) is 5.73 Å². The van der Waals surface area contributed by atoms with Gasteiger partial charge in [-0.1, -0.05) is 30.3 Å². The van der Waals surface area contributed by atoms with Crippen LogP contribution in [0.25, 0.3) is 0 Å². The zero-order chi connectivity index (χ0) is 11.6. The van der Waals surface area contributed by atoms with E-state index in [0.717, 1.165) is 5.56 Å². The lowest BCUT2D eigenvalue weighted by Crippen LogP contribution is -2.56. The number of nitrogens with two attached hydrogens (primary N) is 1. The molecule has 3 nitrogen and oxygen atoms in total. The third-order valence-electron chi connectivity index (χ3n) is 3.09. The molecule has 0 aliphatic carbocycles. The van der Waals surface area contributed by atoms with E-state index in [1.165, 1.54) is 0 Å². The number of nitrogens with one attached hydrogen (secondary N) is 1. The standard InChI is InChI=1S/C12H15FN2O/c13-7-9-6-12(14,8-15-11(9)16)10-4-2-1-3-5-10/h1-5,9H,6-8,14H2,(H,15,16). The predicted molar refractivity (Wildman–Crippen MR) is 59.4 cm³/mol. The summed E-state index contributed by atoms with van der Waals surface area (Å²) in [4.78, 5) is 11.3. The monoisotopic (exact) mass is 222 g/mol. The number of rotatable bonds is 2. The summed E-state index contributed by atoms with van der Waals surface area (Å²) in [5.74, 6) is -0.863. The Balaban J connectivity index is 2.23. The fourth-order valence-electron chi connectivity index (χ4n) is 2.11. The third kappa shape index (κ3) is 1.93. The van der Waals surface area contributed by atoms with Gasteiger partial charge in [0.2, 0.25) is 5.91 Å². The van der Waals surface area contributed by atoms with Crippen molar-refractivity contribution in [3.63, 3.8) is 0 Å². The quantitative estimate of drug-likeness (QED) is 0.782. The van der Waals surface area contributed by atoms with Gasteiger partial charge in [-0.15, -0.1) is 0 Å². The summed E-state index contributed by atoms with van der Waals surface area (Å²) in [5, 5.41) is 2.67. The summed E-state index contributed by atoms with van der Waals surface area (Å²) in [7, 11) is 0. The second-order valence-corrected chi connectivity index (χ2v) is 4.30. The van der Waals surface area contributed by atoms with Crippen LogP contribution in [0.1, 0.15) is 12.0 Å². The highest BCUT2D eigenvalue weighted by Gasteiger charge is 2.38. The highest BCUT2D eigenvalue weighted by molar-refractivity contribution is 5.80. The Kier molecular flexibility index (Phi) is 2.92. The van der Waals surface area contributed by atoms with E-state index in [1.54, 1.807) is 0 Å². The van der Waals surface area contributed by atoms with Crippen LogP contribution in [-0.2, 0) is 10.3 Å². The Bertz CT molecular complexity index is 382. The maximum Gasteiger partial charge on any atom is 0.225 e. The first-order chi connectivity index (χ1) is 7.65. The van der Waals surface area contributed by atoms with Gasteiger partial charge in [-0.05, 0) is 12.0 Å². The van der Waals surface area contributed by atoms with Gasteiger partial charge >= 0.3 is 0 Å². The minimum Gasteiger partial charge on any atom is -0.354 e. The number of amides is 1. The largest absolute Gasteiger partial charge is 0.354 e. The molecule has 1 fully saturated rings. The fourth-order valence-corrected chi connectivity index (χ4v) is 2.11. The molecule has 1 aliphatic rings. The number of piperidine rings is 1. The zero-order valence-corrected chi connectivity index (χ0v) is 8.95. The first kappa shape index (κ1) is 11.1. The number of hydrogen-bond acceptors (Lipinski definition) is 2. The summed E-state index contributed by atoms with van der Waals surface area (Å²) in [6.45, 7) is -0.288. The molecule has 2 rings (SSSR count). The van der Waals surface area contributed by atoms with Crippen LogP contribution in [0.2, 0.25) is 0 Å². The molecule has 0 radical (unpaired) electrons. The third-order valence-corrected chi connectivity index (χ3v) is 3.09. The highest BCUT2D eigenvalue weighted by Crippen LogP contribution is 2.29. The lowest BCUT2D eigenvalue weighted by Gasteiger charge is -2.37. The number of carbonyl (C=O) groups excluding carboxylic acids is 1. The van der Waals surface area contributed by atoms with Crippen LogP contribution in [0.5, 0.6) is 0 Å². The molecular formula is C12H15FN2O. The van der Waals surface area contributed by atoms with Gasteiger partial charge in [-0.3, -0.25) is 9.18 Å². The SMILES string of the molecule is NC1(c2ccccc2)CNC(=O)C(CF)C1. The molecule has 1 saturated heterocycles. The Labute approximate surface area is 93.8 Å². The molecule has 1 aromatic carbocycles. The molecule has 1 aromatic rings. The molecule has 0 bridgehead atoms. The van der Waals surface area contributed by atoms with E-state index in [1.807, 2.05) is 30.3 Å². The van der Waals surface area contributed by atoms with Gasteiger partial charge in [-0.25, -0.2) is 0 Å². The smallest absolute Gasteiger partial charge is 0.225 e. The van der Waals surface area contributed by atoms with Crippen LogP contribution in [0.3, 0.4) is 0 Å². The van der Waals surface area contributed by atoms with Crippen LogP contribution < -0.4 is 11.1 Å². The fraction of sp³-hybridized carbons (Fsp3) is 0.417. The molecule has 86 valence electrons. The Morgan fingerprint density at radius 3 is 2.75 bits per heavy atom. The van der Waals surface area contributed by atoms with Gasteiger partial charge in [-0.2, -0.15) is 0 Å². The van der Waals surface area contributed by atoms with E-state index in [-0.39, 0.29) is 5.91 Å². The Hall–Kier alpha value is -1.42. The lowest BCUT2D eigenvalue weighted by atomic mass is 9.79. The first-order valence-corrected chi connectivity index (χ1v) is 5.34. The molecule has 1 heterocycles. The van der Waals surface area contributed by atoms with E-state index in [2.05, 4.69) is 5.32 Å². The summed E-state index contributed by atoms with van der Waals surface area (Å²) in [5.41, 5.74) is 6.52. The van der Waals surface area contributed by atoms with Gasteiger partial charge in [0.25, 0.3) is 0 Å². The van der Waals surface area contributed by atoms with Crippen molar-refractivity contribution in [1.29, 1.82) is 0 Å². The van der Waals surface area contributed by atoms with E-state index < -0.39 is 18.1 Å². The van der Waals surface area contributed by atoms with Crippen molar-refractivity contribution in [2.75, 3.05) is 13.2 Å². The lowest BCUT2D eigenvalue weighted by molar-refractivity contribution is -0.128. The summed E-state index contributed by atoms with van der Waals surface area (Å²) in [6.07, 6.45) is 0.360. The van der Waals surface area contributed by atoms with Gasteiger partial charge in [0.15, 0.2) is 0 Å². The van der Waals surface area contributed by atoms with Crippen molar-refractivity contribution in [3.05, 3.63) is 35.9 Å². The van der Waals surface area contributed by atoms with Crippen LogP contribution in [-0.4, -0.2) is 19.1 Å². The highest BCUT2D eigenvalue weighted by atomic mass is 19.1. The van der Waals surface area contributed by atoms with Crippen molar-refractivity contribution < 1.29 is 9.18 Å². The van der Waals surface area contributed by atoms with E-state index in [9.17, 15) is 9.18 Å². The average molecular weight is 222 g/mol. The molecule has 0 spiro atoms. The van der Waals surface area contributed by atoms with Gasteiger partial charge in [0.1, 0.15) is 6.67 Å². The molecule has 1 aliphatic heterocycles. The van der Waals surface area contributed by atoms with Crippen molar-refractivity contribution in [2.24, 2.45) is 11.7 Å². The summed E-state index contributed by atoms with van der Waals surface area (Å²) < 4.78 is 12.7. The van der Waals surface area contributed by atoms with Crippen LogP contribution in [0, 0.1) is 5.92 Å². The zero-order valence-electron chi connectivity index (χ0n) is 8.95. The molecule has 3 N–H and O–H groups in total. The minimum absolute atomic E-state index is 0.237. The molecule has 1 amide bonds. The molecule has 0 saturated carbocycles. The van der Waals surface area contributed by atoms with Gasteiger partial charge in [0, 0.05) is 6.54 Å². The van der Waals surface area contributed by atoms with Crippen molar-refractivity contribution in [3.8, 4) is 0 Å². The minimum atomic E-state index is -0.655. The number of benzene rings is 1. The van der Waals surface area contributed by atoms with Crippen LogP contribution in [0.4, 0.5) is 4.39 Å². The maximum absolute atomic E-state index is 12.7. The molecular weight excluding hydrogens is 207 g/mol. The topological polar surface area (TPSA) is 55.1 Å². The van der Waals surface area contributed by atoms with E-state index >= 15 is 0 Å². The van der Waals surface area contributed by atoms with Crippen molar-refractivity contribution in [1.82, 2.24) is 5.32 Å². The van der Waals surface area contributed by atoms with Crippen LogP contribution in [0.15, 0.2) is 30.3 Å². The number of hydrogen-bond donors (Lipinski definition) is 2. The number of carbonyl (C=O) groups is 1. The number of alkyl halides is 1. The molecule has 4 heteroatoms. The molecule has 0 aromatic heterocycles. The molecule has 2 unspecified atom stereocenters. The van der Waals surface area contributed by atoms with Crippen LogP contribution >= 0.6 is 0 Å². The van der Waals surface area contributed by atoms with Crippen molar-refractivity contribution >= 4 is 5.91 Å².